The second kappa shape index (κ2) is 8.56. The summed E-state index contributed by atoms with van der Waals surface area (Å²) < 4.78 is 35.6. The van der Waals surface area contributed by atoms with Gasteiger partial charge in [0.05, 0.1) is 18.4 Å². The van der Waals surface area contributed by atoms with Gasteiger partial charge in [-0.05, 0) is 17.7 Å². The zero-order valence-electron chi connectivity index (χ0n) is 16.8. The number of aromatic nitrogens is 2. The summed E-state index contributed by atoms with van der Waals surface area (Å²) >= 11 is 0. The highest BCUT2D eigenvalue weighted by Gasteiger charge is 2.52. The highest BCUT2D eigenvalue weighted by molar-refractivity contribution is 6.02. The molecule has 2 aliphatic rings. The minimum atomic E-state index is -3.20. The van der Waals surface area contributed by atoms with Crippen molar-refractivity contribution >= 4 is 17.2 Å². The van der Waals surface area contributed by atoms with E-state index >= 15 is 0 Å². The van der Waals surface area contributed by atoms with Crippen LogP contribution in [0.5, 0.6) is 0 Å². The first kappa shape index (κ1) is 21.1. The standard InChI is InChI=1S/C21H24F2N6O2/c22-21(23)11-16(31-19(21)29-8-6-18(25)27-20(29)30)13-28-9-7-26-15(12-28)10-17(24)14-4-2-1-3-5-14/h1-6,8,10,16,19H,7,9,11-13,24H2,(H2,25,27,30)/t16-,19+/m0/s1. The zero-order valence-corrected chi connectivity index (χ0v) is 16.8. The largest absolute Gasteiger partial charge is 0.398 e. The molecule has 3 heterocycles. The molecule has 4 N–H and O–H groups in total. The number of hydrogen-bond donors (Lipinski definition) is 2. The van der Waals surface area contributed by atoms with Gasteiger partial charge in [-0.3, -0.25) is 14.5 Å². The third kappa shape index (κ3) is 4.80. The molecule has 4 rings (SSSR count). The quantitative estimate of drug-likeness (QED) is 0.744. The third-order valence-corrected chi connectivity index (χ3v) is 5.29. The number of ether oxygens (including phenoxy) is 1. The average molecular weight is 430 g/mol. The lowest BCUT2D eigenvalue weighted by Crippen LogP contribution is -2.40. The fourth-order valence-electron chi connectivity index (χ4n) is 3.84. The van der Waals surface area contributed by atoms with Crippen LogP contribution in [0.15, 0.2) is 58.5 Å². The molecule has 2 atom stereocenters. The molecule has 1 saturated heterocycles. The summed E-state index contributed by atoms with van der Waals surface area (Å²) in [6, 6.07) is 10.8. The first-order valence-electron chi connectivity index (χ1n) is 9.98. The second-order valence-electron chi connectivity index (χ2n) is 7.69. The Morgan fingerprint density at radius 3 is 2.81 bits per heavy atom. The lowest BCUT2D eigenvalue weighted by Gasteiger charge is -2.28. The molecule has 2 aromatic rings. The summed E-state index contributed by atoms with van der Waals surface area (Å²) in [6.07, 6.45) is 0.0749. The summed E-state index contributed by atoms with van der Waals surface area (Å²) in [6.45, 7) is 1.94. The van der Waals surface area contributed by atoms with E-state index in [1.54, 1.807) is 0 Å². The second-order valence-corrected chi connectivity index (χ2v) is 7.69. The number of halogens is 2. The van der Waals surface area contributed by atoms with Crippen LogP contribution in [0.4, 0.5) is 14.6 Å². The normalized spacial score (nSPS) is 24.2. The van der Waals surface area contributed by atoms with E-state index in [-0.39, 0.29) is 5.82 Å². The first-order chi connectivity index (χ1) is 14.8. The van der Waals surface area contributed by atoms with Gasteiger partial charge in [0.15, 0.2) is 0 Å². The smallest absolute Gasteiger partial charge is 0.351 e. The highest BCUT2D eigenvalue weighted by atomic mass is 19.3. The molecule has 0 saturated carbocycles. The molecular formula is C21H24F2N6O2. The number of hydrogen-bond acceptors (Lipinski definition) is 7. The lowest BCUT2D eigenvalue weighted by molar-refractivity contribution is -0.118. The van der Waals surface area contributed by atoms with Gasteiger partial charge in [0.25, 0.3) is 5.92 Å². The van der Waals surface area contributed by atoms with Gasteiger partial charge < -0.3 is 16.2 Å². The molecule has 164 valence electrons. The summed E-state index contributed by atoms with van der Waals surface area (Å²) in [5.74, 6) is -3.22. The van der Waals surface area contributed by atoms with Crippen LogP contribution < -0.4 is 17.2 Å². The molecule has 2 aliphatic heterocycles. The van der Waals surface area contributed by atoms with Crippen LogP contribution in [0.2, 0.25) is 0 Å². The van der Waals surface area contributed by atoms with E-state index in [1.165, 1.54) is 12.3 Å². The molecule has 0 aliphatic carbocycles. The number of nitrogens with two attached hydrogens (primary N) is 2. The van der Waals surface area contributed by atoms with Crippen molar-refractivity contribution in [2.75, 3.05) is 31.9 Å². The van der Waals surface area contributed by atoms with Gasteiger partial charge in [0.2, 0.25) is 6.23 Å². The van der Waals surface area contributed by atoms with Gasteiger partial charge in [-0.25, -0.2) is 13.6 Å². The predicted molar refractivity (Wildman–Crippen MR) is 114 cm³/mol. The van der Waals surface area contributed by atoms with Crippen molar-refractivity contribution in [3.63, 3.8) is 0 Å². The fourth-order valence-corrected chi connectivity index (χ4v) is 3.84. The minimum absolute atomic E-state index is 0.0259. The number of aliphatic imine (C=N–C) groups is 1. The Bertz CT molecular complexity index is 1050. The van der Waals surface area contributed by atoms with Gasteiger partial charge in [-0.1, -0.05) is 30.3 Å². The number of benzene rings is 1. The molecule has 0 spiro atoms. The molecule has 1 fully saturated rings. The number of nitrogens with zero attached hydrogens (tertiary/aromatic N) is 4. The van der Waals surface area contributed by atoms with Crippen LogP contribution in [0, 0.1) is 0 Å². The Kier molecular flexibility index (Phi) is 5.84. The summed E-state index contributed by atoms with van der Waals surface area (Å²) in [5.41, 5.74) is 13.0. The Balaban J connectivity index is 1.42. The molecule has 1 aromatic heterocycles. The SMILES string of the molecule is NC(=CC1=NCCN(C[C@@H]2CC(F)(F)[C@H](n3ccc(N)nc3=O)O2)C1)c1ccccc1. The van der Waals surface area contributed by atoms with Gasteiger partial charge >= 0.3 is 5.69 Å². The molecule has 0 amide bonds. The Hall–Kier alpha value is -3.11. The molecule has 1 aromatic carbocycles. The summed E-state index contributed by atoms with van der Waals surface area (Å²) in [4.78, 5) is 22.0. The molecule has 0 bridgehead atoms. The van der Waals surface area contributed by atoms with Crippen LogP contribution in [-0.2, 0) is 4.74 Å². The van der Waals surface area contributed by atoms with Crippen molar-refractivity contribution < 1.29 is 13.5 Å². The molecule has 8 nitrogen and oxygen atoms in total. The van der Waals surface area contributed by atoms with Gasteiger partial charge in [0, 0.05) is 37.9 Å². The van der Waals surface area contributed by atoms with Crippen LogP contribution in [0.1, 0.15) is 18.2 Å². The maximum absolute atomic E-state index is 14.6. The number of alkyl halides is 2. The van der Waals surface area contributed by atoms with E-state index in [9.17, 15) is 13.6 Å². The van der Waals surface area contributed by atoms with Gasteiger partial charge in [0.1, 0.15) is 5.82 Å². The monoisotopic (exact) mass is 430 g/mol. The molecule has 31 heavy (non-hydrogen) atoms. The third-order valence-electron chi connectivity index (χ3n) is 5.29. The Labute approximate surface area is 177 Å². The van der Waals surface area contributed by atoms with E-state index in [4.69, 9.17) is 16.2 Å². The van der Waals surface area contributed by atoms with Crippen molar-refractivity contribution in [3.8, 4) is 0 Å². The van der Waals surface area contributed by atoms with Crippen LogP contribution in [0.25, 0.3) is 5.70 Å². The zero-order chi connectivity index (χ0) is 22.0. The van der Waals surface area contributed by atoms with Crippen molar-refractivity contribution in [3.05, 3.63) is 64.7 Å². The van der Waals surface area contributed by atoms with Crippen molar-refractivity contribution in [2.24, 2.45) is 10.7 Å². The van der Waals surface area contributed by atoms with E-state index < -0.39 is 30.4 Å². The molecular weight excluding hydrogens is 406 g/mol. The van der Waals surface area contributed by atoms with Gasteiger partial charge in [-0.15, -0.1) is 0 Å². The van der Waals surface area contributed by atoms with E-state index in [0.717, 1.165) is 15.8 Å². The molecule has 0 unspecified atom stereocenters. The van der Waals surface area contributed by atoms with Crippen molar-refractivity contribution in [2.45, 2.75) is 24.7 Å². The topological polar surface area (TPSA) is 112 Å². The summed E-state index contributed by atoms with van der Waals surface area (Å²) in [7, 11) is 0. The van der Waals surface area contributed by atoms with Crippen molar-refractivity contribution in [1.29, 1.82) is 0 Å². The lowest BCUT2D eigenvalue weighted by atomic mass is 10.1. The maximum atomic E-state index is 14.6. The predicted octanol–water partition coefficient (Wildman–Crippen LogP) is 1.50. The fraction of sp³-hybridized carbons (Fsp3) is 0.381. The van der Waals surface area contributed by atoms with E-state index in [1.807, 2.05) is 41.3 Å². The van der Waals surface area contributed by atoms with E-state index in [0.29, 0.717) is 31.9 Å². The Morgan fingerprint density at radius 1 is 1.29 bits per heavy atom. The average Bonchev–Trinajstić information content (AvgIpc) is 3.02. The number of rotatable bonds is 5. The molecule has 0 radical (unpaired) electrons. The van der Waals surface area contributed by atoms with E-state index in [2.05, 4.69) is 9.98 Å². The highest BCUT2D eigenvalue weighted by Crippen LogP contribution is 2.42. The van der Waals surface area contributed by atoms with Crippen LogP contribution >= 0.6 is 0 Å². The number of nitrogen functional groups attached to an aromatic ring is 1. The summed E-state index contributed by atoms with van der Waals surface area (Å²) in [5, 5.41) is 0. The van der Waals surface area contributed by atoms with Crippen LogP contribution in [-0.4, -0.2) is 58.4 Å². The minimum Gasteiger partial charge on any atom is -0.398 e. The Morgan fingerprint density at radius 2 is 2.06 bits per heavy atom. The maximum Gasteiger partial charge on any atom is 0.351 e. The number of anilines is 1. The molecule has 10 heteroatoms. The van der Waals surface area contributed by atoms with Gasteiger partial charge in [-0.2, -0.15) is 4.98 Å². The van der Waals surface area contributed by atoms with Crippen molar-refractivity contribution in [1.82, 2.24) is 14.5 Å². The van der Waals surface area contributed by atoms with Crippen LogP contribution in [0.3, 0.4) is 0 Å². The first-order valence-corrected chi connectivity index (χ1v) is 9.98.